The van der Waals surface area contributed by atoms with Crippen molar-refractivity contribution in [2.45, 2.75) is 24.1 Å². The largest absolute Gasteiger partial charge is 0.329 e. The Morgan fingerprint density at radius 2 is 2.00 bits per heavy atom. The Morgan fingerprint density at radius 1 is 1.29 bits per heavy atom. The van der Waals surface area contributed by atoms with Crippen LogP contribution in [0.25, 0.3) is 0 Å². The molecule has 0 amide bonds. The van der Waals surface area contributed by atoms with Crippen molar-refractivity contribution < 1.29 is 0 Å². The van der Waals surface area contributed by atoms with E-state index >= 15 is 0 Å². The first kappa shape index (κ1) is 12.9. The number of nitrogens with two attached hydrogens (primary N) is 1. The van der Waals surface area contributed by atoms with Gasteiger partial charge in [-0.15, -0.1) is 0 Å². The molecule has 0 radical (unpaired) electrons. The van der Waals surface area contributed by atoms with Gasteiger partial charge in [-0.05, 0) is 24.7 Å². The predicted octanol–water partition coefficient (Wildman–Crippen LogP) is 2.34. The Hall–Kier alpha value is -0.510. The molecule has 1 aromatic carbocycles. The fraction of sp³-hybridized carbons (Fsp3) is 0.571. The highest BCUT2D eigenvalue weighted by molar-refractivity contribution is 8.00. The van der Waals surface area contributed by atoms with Gasteiger partial charge in [-0.25, -0.2) is 0 Å². The third-order valence-corrected chi connectivity index (χ3v) is 4.85. The average Bonchev–Trinajstić information content (AvgIpc) is 3.11. The minimum Gasteiger partial charge on any atom is -0.329 e. The molecule has 1 aliphatic carbocycles. The smallest absolute Gasteiger partial charge is 0.0285 e. The lowest BCUT2D eigenvalue weighted by Gasteiger charge is -2.26. The van der Waals surface area contributed by atoms with E-state index in [9.17, 15) is 0 Å². The molecule has 1 fully saturated rings. The molecule has 0 heterocycles. The second-order valence-electron chi connectivity index (χ2n) is 4.87. The van der Waals surface area contributed by atoms with Gasteiger partial charge in [0.25, 0.3) is 0 Å². The topological polar surface area (TPSA) is 29.3 Å². The van der Waals surface area contributed by atoms with Crippen LogP contribution in [0.15, 0.2) is 30.3 Å². The van der Waals surface area contributed by atoms with Crippen molar-refractivity contribution in [1.82, 2.24) is 4.90 Å². The van der Waals surface area contributed by atoms with E-state index in [1.165, 1.54) is 24.9 Å². The van der Waals surface area contributed by atoms with Crippen molar-refractivity contribution in [3.8, 4) is 0 Å². The number of rotatable bonds is 7. The van der Waals surface area contributed by atoms with Crippen LogP contribution in [0.1, 0.15) is 18.4 Å². The van der Waals surface area contributed by atoms with Gasteiger partial charge in [0.1, 0.15) is 0 Å². The van der Waals surface area contributed by atoms with Gasteiger partial charge in [0.05, 0.1) is 0 Å². The summed E-state index contributed by atoms with van der Waals surface area (Å²) in [7, 11) is 0. The molecule has 0 aromatic heterocycles. The normalized spacial score (nSPS) is 17.4. The number of benzene rings is 1. The first-order valence-corrected chi connectivity index (χ1v) is 7.52. The summed E-state index contributed by atoms with van der Waals surface area (Å²) in [5.74, 6) is 0. The molecule has 2 N–H and O–H groups in total. The second kappa shape index (κ2) is 5.89. The fourth-order valence-corrected chi connectivity index (χ4v) is 3.03. The van der Waals surface area contributed by atoms with Gasteiger partial charge in [-0.3, -0.25) is 4.90 Å². The molecule has 17 heavy (non-hydrogen) atoms. The van der Waals surface area contributed by atoms with Gasteiger partial charge in [-0.1, -0.05) is 30.3 Å². The molecule has 94 valence electrons. The SMILES string of the molecule is CSC1(CN(CCN)Cc2ccccc2)CC1. The third kappa shape index (κ3) is 3.73. The summed E-state index contributed by atoms with van der Waals surface area (Å²) < 4.78 is 0.532. The van der Waals surface area contributed by atoms with E-state index in [1.54, 1.807) is 0 Å². The van der Waals surface area contributed by atoms with Gasteiger partial charge >= 0.3 is 0 Å². The zero-order chi connectivity index (χ0) is 12.1. The van der Waals surface area contributed by atoms with E-state index < -0.39 is 0 Å². The van der Waals surface area contributed by atoms with Crippen molar-refractivity contribution in [3.63, 3.8) is 0 Å². The molecule has 0 aliphatic heterocycles. The van der Waals surface area contributed by atoms with Crippen LogP contribution in [0, 0.1) is 0 Å². The Labute approximate surface area is 109 Å². The highest BCUT2D eigenvalue weighted by Crippen LogP contribution is 2.47. The zero-order valence-electron chi connectivity index (χ0n) is 10.6. The van der Waals surface area contributed by atoms with E-state index in [4.69, 9.17) is 5.73 Å². The number of thioether (sulfide) groups is 1. The lowest BCUT2D eigenvalue weighted by molar-refractivity contribution is 0.270. The summed E-state index contributed by atoms with van der Waals surface area (Å²) in [6.45, 7) is 3.95. The molecule has 3 heteroatoms. The average molecular weight is 250 g/mol. The molecule has 0 saturated heterocycles. The lowest BCUT2D eigenvalue weighted by Crippen LogP contribution is -2.35. The van der Waals surface area contributed by atoms with Crippen molar-refractivity contribution >= 4 is 11.8 Å². The highest BCUT2D eigenvalue weighted by Gasteiger charge is 2.42. The summed E-state index contributed by atoms with van der Waals surface area (Å²) in [6, 6.07) is 10.7. The summed E-state index contributed by atoms with van der Waals surface area (Å²) in [5, 5.41) is 0. The number of nitrogens with zero attached hydrogens (tertiary/aromatic N) is 1. The number of hydrogen-bond donors (Lipinski definition) is 1. The van der Waals surface area contributed by atoms with Crippen LogP contribution in [-0.2, 0) is 6.54 Å². The molecule has 0 spiro atoms. The summed E-state index contributed by atoms with van der Waals surface area (Å²) in [6.07, 6.45) is 4.96. The van der Waals surface area contributed by atoms with Crippen molar-refractivity contribution in [3.05, 3.63) is 35.9 Å². The first-order valence-electron chi connectivity index (χ1n) is 6.29. The molecular formula is C14H22N2S. The molecular weight excluding hydrogens is 228 g/mol. The summed E-state index contributed by atoms with van der Waals surface area (Å²) in [5.41, 5.74) is 7.10. The predicted molar refractivity (Wildman–Crippen MR) is 76.3 cm³/mol. The van der Waals surface area contributed by atoms with E-state index in [0.29, 0.717) is 4.75 Å². The molecule has 1 saturated carbocycles. The number of hydrogen-bond acceptors (Lipinski definition) is 3. The van der Waals surface area contributed by atoms with Crippen LogP contribution in [0.2, 0.25) is 0 Å². The van der Waals surface area contributed by atoms with Gasteiger partial charge in [0.15, 0.2) is 0 Å². The molecule has 0 unspecified atom stereocenters. The molecule has 1 aliphatic rings. The van der Waals surface area contributed by atoms with Crippen LogP contribution in [0.3, 0.4) is 0 Å². The molecule has 0 atom stereocenters. The van der Waals surface area contributed by atoms with Crippen LogP contribution < -0.4 is 5.73 Å². The Balaban J connectivity index is 1.93. The quantitative estimate of drug-likeness (QED) is 0.805. The summed E-state index contributed by atoms with van der Waals surface area (Å²) in [4.78, 5) is 2.50. The molecule has 2 nitrogen and oxygen atoms in total. The van der Waals surface area contributed by atoms with Crippen LogP contribution >= 0.6 is 11.8 Å². The van der Waals surface area contributed by atoms with Crippen molar-refractivity contribution in [2.24, 2.45) is 5.73 Å². The zero-order valence-corrected chi connectivity index (χ0v) is 11.4. The lowest BCUT2D eigenvalue weighted by atomic mass is 10.2. The minimum absolute atomic E-state index is 0.532. The standard InChI is InChI=1S/C14H22N2S/c1-17-14(7-8-14)12-16(10-9-15)11-13-5-3-2-4-6-13/h2-6H,7-12,15H2,1H3. The first-order chi connectivity index (χ1) is 8.28. The molecule has 1 aromatic rings. The van der Waals surface area contributed by atoms with E-state index in [0.717, 1.165) is 19.6 Å². The van der Waals surface area contributed by atoms with Gasteiger partial charge in [0.2, 0.25) is 0 Å². The Morgan fingerprint density at radius 3 is 2.53 bits per heavy atom. The monoisotopic (exact) mass is 250 g/mol. The maximum atomic E-state index is 5.72. The molecule has 0 bridgehead atoms. The second-order valence-corrected chi connectivity index (χ2v) is 6.15. The van der Waals surface area contributed by atoms with Gasteiger partial charge < -0.3 is 5.73 Å². The highest BCUT2D eigenvalue weighted by atomic mass is 32.2. The van der Waals surface area contributed by atoms with Gasteiger partial charge in [0, 0.05) is 30.9 Å². The van der Waals surface area contributed by atoms with Crippen LogP contribution in [0.5, 0.6) is 0 Å². The van der Waals surface area contributed by atoms with E-state index in [2.05, 4.69) is 41.5 Å². The van der Waals surface area contributed by atoms with Crippen LogP contribution in [-0.4, -0.2) is 35.5 Å². The Bertz CT molecular complexity index is 335. The maximum Gasteiger partial charge on any atom is 0.0285 e. The maximum absolute atomic E-state index is 5.72. The van der Waals surface area contributed by atoms with E-state index in [1.807, 2.05) is 11.8 Å². The van der Waals surface area contributed by atoms with Gasteiger partial charge in [-0.2, -0.15) is 11.8 Å². The van der Waals surface area contributed by atoms with Crippen LogP contribution in [0.4, 0.5) is 0 Å². The molecule has 2 rings (SSSR count). The van der Waals surface area contributed by atoms with E-state index in [-0.39, 0.29) is 0 Å². The third-order valence-electron chi connectivity index (χ3n) is 3.45. The van der Waals surface area contributed by atoms with Crippen molar-refractivity contribution in [2.75, 3.05) is 25.9 Å². The summed E-state index contributed by atoms with van der Waals surface area (Å²) >= 11 is 2.02. The van der Waals surface area contributed by atoms with Crippen molar-refractivity contribution in [1.29, 1.82) is 0 Å². The fourth-order valence-electron chi connectivity index (χ4n) is 2.21. The minimum atomic E-state index is 0.532. The Kier molecular flexibility index (Phi) is 4.48.